The van der Waals surface area contributed by atoms with Gasteiger partial charge < -0.3 is 14.4 Å². The molecule has 0 bridgehead atoms. The Balaban J connectivity index is 1.58. The van der Waals surface area contributed by atoms with Crippen LogP contribution in [0.1, 0.15) is 41.4 Å². The fraction of sp³-hybridized carbons (Fsp3) is 0.350. The van der Waals surface area contributed by atoms with Gasteiger partial charge in [-0.15, -0.1) is 0 Å². The molecule has 27 heavy (non-hydrogen) atoms. The van der Waals surface area contributed by atoms with E-state index < -0.39 is 0 Å². The molecule has 140 valence electrons. The molecule has 1 saturated carbocycles. The number of aromatic nitrogens is 3. The molecule has 2 heterocycles. The number of nitrogens with zero attached hydrogens (tertiary/aromatic N) is 3. The number of hydrogen-bond donors (Lipinski definition) is 1. The summed E-state index contributed by atoms with van der Waals surface area (Å²) in [4.78, 5) is 17.1. The van der Waals surface area contributed by atoms with E-state index in [-0.39, 0.29) is 18.3 Å². The van der Waals surface area contributed by atoms with Crippen molar-refractivity contribution in [1.82, 2.24) is 14.7 Å². The molecule has 0 saturated heterocycles. The summed E-state index contributed by atoms with van der Waals surface area (Å²) >= 11 is 0. The van der Waals surface area contributed by atoms with Crippen LogP contribution in [-0.4, -0.2) is 20.6 Å². The van der Waals surface area contributed by atoms with Crippen LogP contribution in [-0.2, 0) is 11.3 Å². The van der Waals surface area contributed by atoms with Gasteiger partial charge in [0.2, 0.25) is 5.91 Å². The molecule has 1 N–H and O–H groups in total. The molecule has 7 heteroatoms. The first-order valence-electron chi connectivity index (χ1n) is 8.99. The van der Waals surface area contributed by atoms with E-state index in [0.29, 0.717) is 23.1 Å². The third-order valence-electron chi connectivity index (χ3n) is 4.85. The minimum atomic E-state index is -0.326. The zero-order valence-electron chi connectivity index (χ0n) is 15.5. The SMILES string of the molecule is Cc1cc(F)ccc1NC(=O)Cn1c(C)cc(C)c1-c1nc(C2CC2)no1. The van der Waals surface area contributed by atoms with Crippen LogP contribution in [0.25, 0.3) is 11.6 Å². The molecule has 6 nitrogen and oxygen atoms in total. The lowest BCUT2D eigenvalue weighted by atomic mass is 10.2. The molecule has 0 aliphatic heterocycles. The van der Waals surface area contributed by atoms with Gasteiger partial charge in [0.1, 0.15) is 18.1 Å². The van der Waals surface area contributed by atoms with Gasteiger partial charge in [0.05, 0.1) is 0 Å². The molecule has 0 spiro atoms. The predicted octanol–water partition coefficient (Wildman–Crippen LogP) is 4.12. The average molecular weight is 368 g/mol. The second-order valence-electron chi connectivity index (χ2n) is 7.14. The fourth-order valence-corrected chi connectivity index (χ4v) is 3.28. The quantitative estimate of drug-likeness (QED) is 0.735. The van der Waals surface area contributed by atoms with Crippen LogP contribution < -0.4 is 5.32 Å². The molecule has 0 radical (unpaired) electrons. The molecule has 2 aromatic heterocycles. The zero-order chi connectivity index (χ0) is 19.1. The van der Waals surface area contributed by atoms with Gasteiger partial charge in [0.15, 0.2) is 5.82 Å². The van der Waals surface area contributed by atoms with Crippen LogP contribution >= 0.6 is 0 Å². The van der Waals surface area contributed by atoms with E-state index in [2.05, 4.69) is 15.5 Å². The van der Waals surface area contributed by atoms with Gasteiger partial charge in [0, 0.05) is 17.3 Å². The first-order valence-corrected chi connectivity index (χ1v) is 8.99. The van der Waals surface area contributed by atoms with Crippen LogP contribution in [0.3, 0.4) is 0 Å². The lowest BCUT2D eigenvalue weighted by Crippen LogP contribution is -2.20. The van der Waals surface area contributed by atoms with Crippen LogP contribution in [0.2, 0.25) is 0 Å². The molecule has 4 rings (SSSR count). The van der Waals surface area contributed by atoms with E-state index in [1.807, 2.05) is 24.5 Å². The summed E-state index contributed by atoms with van der Waals surface area (Å²) in [6.45, 7) is 5.76. The number of benzene rings is 1. The monoisotopic (exact) mass is 368 g/mol. The van der Waals surface area contributed by atoms with Gasteiger partial charge in [-0.1, -0.05) is 5.16 Å². The summed E-state index contributed by atoms with van der Waals surface area (Å²) < 4.78 is 20.6. The Labute approximate surface area is 156 Å². The molecule has 1 aromatic carbocycles. The molecule has 0 unspecified atom stereocenters. The molecule has 1 aliphatic carbocycles. The highest BCUT2D eigenvalue weighted by molar-refractivity contribution is 5.91. The highest BCUT2D eigenvalue weighted by atomic mass is 19.1. The minimum Gasteiger partial charge on any atom is -0.332 e. The second-order valence-corrected chi connectivity index (χ2v) is 7.14. The Morgan fingerprint density at radius 2 is 2.04 bits per heavy atom. The van der Waals surface area contributed by atoms with E-state index in [9.17, 15) is 9.18 Å². The summed E-state index contributed by atoms with van der Waals surface area (Å²) in [6, 6.07) is 6.28. The van der Waals surface area contributed by atoms with Crippen LogP contribution in [0.4, 0.5) is 10.1 Å². The van der Waals surface area contributed by atoms with Crippen LogP contribution in [0.5, 0.6) is 0 Å². The Kier molecular flexibility index (Phi) is 4.30. The van der Waals surface area contributed by atoms with E-state index >= 15 is 0 Å². The zero-order valence-corrected chi connectivity index (χ0v) is 15.5. The van der Waals surface area contributed by atoms with Crippen molar-refractivity contribution in [3.8, 4) is 11.6 Å². The summed E-state index contributed by atoms with van der Waals surface area (Å²) in [5, 5.41) is 6.92. The number of aryl methyl sites for hydroxylation is 3. The molecule has 1 fully saturated rings. The van der Waals surface area contributed by atoms with Crippen LogP contribution in [0.15, 0.2) is 28.8 Å². The van der Waals surface area contributed by atoms with E-state index in [4.69, 9.17) is 4.52 Å². The minimum absolute atomic E-state index is 0.104. The molecule has 1 amide bonds. The maximum Gasteiger partial charge on any atom is 0.274 e. The van der Waals surface area contributed by atoms with Crippen molar-refractivity contribution in [2.75, 3.05) is 5.32 Å². The summed E-state index contributed by atoms with van der Waals surface area (Å²) in [5.74, 6) is 1.05. The molecule has 1 aliphatic rings. The van der Waals surface area contributed by atoms with E-state index in [1.165, 1.54) is 12.1 Å². The molecular weight excluding hydrogens is 347 g/mol. The molecule has 0 atom stereocenters. The predicted molar refractivity (Wildman–Crippen MR) is 98.9 cm³/mol. The third kappa shape index (κ3) is 3.49. The first kappa shape index (κ1) is 17.5. The number of carbonyl (C=O) groups excluding carboxylic acids is 1. The van der Waals surface area contributed by atoms with Crippen molar-refractivity contribution in [1.29, 1.82) is 0 Å². The van der Waals surface area contributed by atoms with Crippen molar-refractivity contribution in [2.24, 2.45) is 0 Å². The Morgan fingerprint density at radius 3 is 2.74 bits per heavy atom. The van der Waals surface area contributed by atoms with Gasteiger partial charge in [0.25, 0.3) is 5.89 Å². The Bertz CT molecular complexity index is 1020. The van der Waals surface area contributed by atoms with E-state index in [0.717, 1.165) is 35.6 Å². The summed E-state index contributed by atoms with van der Waals surface area (Å²) in [6.07, 6.45) is 2.19. The Morgan fingerprint density at radius 1 is 1.26 bits per heavy atom. The normalized spacial score (nSPS) is 13.8. The lowest BCUT2D eigenvalue weighted by molar-refractivity contribution is -0.116. The number of anilines is 1. The van der Waals surface area contributed by atoms with Crippen LogP contribution in [0, 0.1) is 26.6 Å². The largest absolute Gasteiger partial charge is 0.332 e. The standard InChI is InChI=1S/C20H21FN4O2/c1-11-9-15(21)6-7-16(11)22-17(26)10-25-13(3)8-12(2)18(25)20-23-19(24-27-20)14-4-5-14/h6-9,14H,4-5,10H2,1-3H3,(H,22,26). The van der Waals surface area contributed by atoms with Gasteiger partial charge in [-0.3, -0.25) is 4.79 Å². The van der Waals surface area contributed by atoms with Gasteiger partial charge in [-0.25, -0.2) is 4.39 Å². The number of halogens is 1. The fourth-order valence-electron chi connectivity index (χ4n) is 3.28. The van der Waals surface area contributed by atoms with Crippen molar-refractivity contribution < 1.29 is 13.7 Å². The summed E-state index contributed by atoms with van der Waals surface area (Å²) in [5.41, 5.74) is 3.94. The summed E-state index contributed by atoms with van der Waals surface area (Å²) in [7, 11) is 0. The average Bonchev–Trinajstić information content (AvgIpc) is 3.28. The van der Waals surface area contributed by atoms with Gasteiger partial charge in [-0.2, -0.15) is 4.98 Å². The Hall–Kier alpha value is -2.96. The second kappa shape index (κ2) is 6.64. The smallest absolute Gasteiger partial charge is 0.274 e. The lowest BCUT2D eigenvalue weighted by Gasteiger charge is -2.12. The number of nitrogens with one attached hydrogen (secondary N) is 1. The number of rotatable bonds is 5. The molecular formula is C20H21FN4O2. The maximum absolute atomic E-state index is 13.3. The number of carbonyl (C=O) groups is 1. The molecule has 3 aromatic rings. The number of hydrogen-bond acceptors (Lipinski definition) is 4. The van der Waals surface area contributed by atoms with Gasteiger partial charge in [-0.05, 0) is 69.0 Å². The van der Waals surface area contributed by atoms with Crippen molar-refractivity contribution in [3.63, 3.8) is 0 Å². The highest BCUT2D eigenvalue weighted by Crippen LogP contribution is 2.39. The third-order valence-corrected chi connectivity index (χ3v) is 4.85. The van der Waals surface area contributed by atoms with Crippen molar-refractivity contribution >= 4 is 11.6 Å². The van der Waals surface area contributed by atoms with Crippen molar-refractivity contribution in [2.45, 2.75) is 46.1 Å². The first-order chi connectivity index (χ1) is 12.9. The topological polar surface area (TPSA) is 73.0 Å². The van der Waals surface area contributed by atoms with Gasteiger partial charge >= 0.3 is 0 Å². The highest BCUT2D eigenvalue weighted by Gasteiger charge is 2.30. The van der Waals surface area contributed by atoms with E-state index in [1.54, 1.807) is 13.0 Å². The van der Waals surface area contributed by atoms with Crippen molar-refractivity contribution in [3.05, 3.63) is 52.7 Å². The number of amides is 1. The maximum atomic E-state index is 13.3.